The topological polar surface area (TPSA) is 62.2 Å². The molecule has 0 saturated carbocycles. The highest BCUT2D eigenvalue weighted by Gasteiger charge is 2.10. The van der Waals surface area contributed by atoms with Gasteiger partial charge in [0.15, 0.2) is 0 Å². The van der Waals surface area contributed by atoms with E-state index in [-0.39, 0.29) is 18.6 Å². The number of nitrogens with zero attached hydrogens (tertiary/aromatic N) is 1. The highest BCUT2D eigenvalue weighted by molar-refractivity contribution is 7.09. The van der Waals surface area contributed by atoms with Crippen LogP contribution in [0, 0.1) is 0 Å². The lowest BCUT2D eigenvalue weighted by molar-refractivity contribution is -0.121. The summed E-state index contributed by atoms with van der Waals surface area (Å²) in [4.78, 5) is 16.5. The molecule has 0 fully saturated rings. The third kappa shape index (κ3) is 5.58. The molecule has 1 aromatic carbocycles. The number of benzene rings is 1. The van der Waals surface area contributed by atoms with E-state index in [1.54, 1.807) is 11.3 Å². The zero-order valence-electron chi connectivity index (χ0n) is 12.8. The van der Waals surface area contributed by atoms with Crippen molar-refractivity contribution in [2.75, 3.05) is 6.61 Å². The second-order valence-electron chi connectivity index (χ2n) is 5.41. The summed E-state index contributed by atoms with van der Waals surface area (Å²) in [5, 5.41) is 14.7. The van der Waals surface area contributed by atoms with Gasteiger partial charge in [-0.25, -0.2) is 4.98 Å². The Morgan fingerprint density at radius 1 is 1.36 bits per heavy atom. The first-order valence-corrected chi connectivity index (χ1v) is 8.42. The molecule has 0 saturated heterocycles. The smallest absolute Gasteiger partial charge is 0.226 e. The molecule has 0 aliphatic rings. The van der Waals surface area contributed by atoms with E-state index in [9.17, 15) is 4.79 Å². The van der Waals surface area contributed by atoms with Gasteiger partial charge in [-0.2, -0.15) is 0 Å². The minimum absolute atomic E-state index is 0.0120. The minimum atomic E-state index is -0.0120. The van der Waals surface area contributed by atoms with Gasteiger partial charge in [-0.05, 0) is 25.3 Å². The molecule has 2 aromatic rings. The van der Waals surface area contributed by atoms with Crippen LogP contribution in [0.1, 0.15) is 36.0 Å². The van der Waals surface area contributed by atoms with Crippen LogP contribution in [0.3, 0.4) is 0 Å². The molecular formula is C17H22N2O2S. The van der Waals surface area contributed by atoms with Crippen LogP contribution in [0.25, 0.3) is 0 Å². The Morgan fingerprint density at radius 2 is 2.14 bits per heavy atom. The minimum Gasteiger partial charge on any atom is -0.396 e. The molecule has 0 aliphatic heterocycles. The van der Waals surface area contributed by atoms with Gasteiger partial charge in [0.05, 0.1) is 17.1 Å². The fourth-order valence-corrected chi connectivity index (χ4v) is 3.07. The number of nitrogens with one attached hydrogen (secondary N) is 1. The van der Waals surface area contributed by atoms with Crippen LogP contribution in [-0.4, -0.2) is 28.6 Å². The fourth-order valence-electron chi connectivity index (χ4n) is 2.24. The van der Waals surface area contributed by atoms with Crippen molar-refractivity contribution in [1.82, 2.24) is 10.3 Å². The van der Waals surface area contributed by atoms with Gasteiger partial charge in [0.25, 0.3) is 0 Å². The van der Waals surface area contributed by atoms with Crippen molar-refractivity contribution in [3.8, 4) is 0 Å². The maximum absolute atomic E-state index is 11.9. The second-order valence-corrected chi connectivity index (χ2v) is 6.35. The molecule has 1 heterocycles. The number of aliphatic hydroxyl groups is 1. The summed E-state index contributed by atoms with van der Waals surface area (Å²) in [6.07, 6.45) is 2.62. The Balaban J connectivity index is 1.82. The van der Waals surface area contributed by atoms with Crippen LogP contribution in [0.2, 0.25) is 0 Å². The Labute approximate surface area is 135 Å². The van der Waals surface area contributed by atoms with Gasteiger partial charge in [-0.15, -0.1) is 11.3 Å². The van der Waals surface area contributed by atoms with Crippen LogP contribution in [0.4, 0.5) is 0 Å². The number of hydrogen-bond acceptors (Lipinski definition) is 4. The largest absolute Gasteiger partial charge is 0.396 e. The standard InChI is InChI=1S/C17H22N2O2S/c1-13(6-5-9-20)18-16(21)11-15-12-22-17(19-15)10-14-7-3-2-4-8-14/h2-4,7-8,12-13,20H,5-6,9-11H2,1H3,(H,18,21). The fraction of sp³-hybridized carbons (Fsp3) is 0.412. The second kappa shape index (κ2) is 8.66. The summed E-state index contributed by atoms with van der Waals surface area (Å²) in [6.45, 7) is 2.12. The van der Waals surface area contributed by atoms with E-state index in [4.69, 9.17) is 5.11 Å². The lowest BCUT2D eigenvalue weighted by Gasteiger charge is -2.12. The molecule has 1 unspecified atom stereocenters. The van der Waals surface area contributed by atoms with Crippen molar-refractivity contribution >= 4 is 17.2 Å². The van der Waals surface area contributed by atoms with Gasteiger partial charge in [0.1, 0.15) is 0 Å². The lowest BCUT2D eigenvalue weighted by atomic mass is 10.1. The number of aliphatic hydroxyl groups excluding tert-OH is 1. The van der Waals surface area contributed by atoms with Gasteiger partial charge in [-0.3, -0.25) is 4.79 Å². The van der Waals surface area contributed by atoms with Gasteiger partial charge < -0.3 is 10.4 Å². The Morgan fingerprint density at radius 3 is 2.86 bits per heavy atom. The van der Waals surface area contributed by atoms with E-state index in [0.29, 0.717) is 12.8 Å². The third-order valence-electron chi connectivity index (χ3n) is 3.34. The van der Waals surface area contributed by atoms with Gasteiger partial charge >= 0.3 is 0 Å². The molecule has 1 atom stereocenters. The molecule has 1 amide bonds. The Hall–Kier alpha value is -1.72. The van der Waals surface area contributed by atoms with E-state index in [1.807, 2.05) is 30.5 Å². The summed E-state index contributed by atoms with van der Waals surface area (Å²) in [5.74, 6) is -0.0120. The summed E-state index contributed by atoms with van der Waals surface area (Å²) < 4.78 is 0. The van der Waals surface area contributed by atoms with Crippen LogP contribution in [0.15, 0.2) is 35.7 Å². The number of hydrogen-bond donors (Lipinski definition) is 2. The maximum atomic E-state index is 11.9. The number of rotatable bonds is 8. The van der Waals surface area contributed by atoms with Crippen LogP contribution in [0.5, 0.6) is 0 Å². The number of aromatic nitrogens is 1. The molecule has 22 heavy (non-hydrogen) atoms. The van der Waals surface area contributed by atoms with Crippen molar-refractivity contribution < 1.29 is 9.90 Å². The molecule has 0 radical (unpaired) electrons. The highest BCUT2D eigenvalue weighted by atomic mass is 32.1. The van der Waals surface area contributed by atoms with Gasteiger partial charge in [0, 0.05) is 24.4 Å². The van der Waals surface area contributed by atoms with Crippen LogP contribution >= 0.6 is 11.3 Å². The summed E-state index contributed by atoms with van der Waals surface area (Å²) in [6, 6.07) is 10.3. The number of carbonyl (C=O) groups excluding carboxylic acids is 1. The van der Waals surface area contributed by atoms with Crippen molar-refractivity contribution in [2.45, 2.75) is 38.6 Å². The predicted octanol–water partition coefficient (Wildman–Crippen LogP) is 2.55. The first-order chi connectivity index (χ1) is 10.7. The molecule has 0 aliphatic carbocycles. The normalized spacial score (nSPS) is 12.1. The first-order valence-electron chi connectivity index (χ1n) is 7.55. The van der Waals surface area contributed by atoms with Crippen molar-refractivity contribution in [2.24, 2.45) is 0 Å². The quantitative estimate of drug-likeness (QED) is 0.786. The third-order valence-corrected chi connectivity index (χ3v) is 4.24. The van der Waals surface area contributed by atoms with Crippen molar-refractivity contribution in [1.29, 1.82) is 0 Å². The maximum Gasteiger partial charge on any atom is 0.226 e. The summed E-state index contributed by atoms with van der Waals surface area (Å²) >= 11 is 1.59. The summed E-state index contributed by atoms with van der Waals surface area (Å²) in [5.41, 5.74) is 2.05. The number of thiazole rings is 1. The molecule has 118 valence electrons. The molecule has 0 spiro atoms. The molecule has 2 N–H and O–H groups in total. The molecular weight excluding hydrogens is 296 g/mol. The predicted molar refractivity (Wildman–Crippen MR) is 89.0 cm³/mol. The molecule has 4 nitrogen and oxygen atoms in total. The van der Waals surface area contributed by atoms with E-state index < -0.39 is 0 Å². The molecule has 1 aromatic heterocycles. The molecule has 0 bridgehead atoms. The van der Waals surface area contributed by atoms with Crippen LogP contribution in [-0.2, 0) is 17.6 Å². The molecule has 2 rings (SSSR count). The van der Waals surface area contributed by atoms with Crippen molar-refractivity contribution in [3.63, 3.8) is 0 Å². The first kappa shape index (κ1) is 16.6. The molecule has 5 heteroatoms. The summed E-state index contributed by atoms with van der Waals surface area (Å²) in [7, 11) is 0. The average molecular weight is 318 g/mol. The van der Waals surface area contributed by atoms with Gasteiger partial charge in [-0.1, -0.05) is 30.3 Å². The van der Waals surface area contributed by atoms with E-state index >= 15 is 0 Å². The number of carbonyl (C=O) groups is 1. The highest BCUT2D eigenvalue weighted by Crippen LogP contribution is 2.15. The lowest BCUT2D eigenvalue weighted by Crippen LogP contribution is -2.33. The Kier molecular flexibility index (Phi) is 6.55. The van der Waals surface area contributed by atoms with Gasteiger partial charge in [0.2, 0.25) is 5.91 Å². The zero-order chi connectivity index (χ0) is 15.8. The number of amides is 1. The van der Waals surface area contributed by atoms with E-state index in [1.165, 1.54) is 5.56 Å². The average Bonchev–Trinajstić information content (AvgIpc) is 2.93. The zero-order valence-corrected chi connectivity index (χ0v) is 13.6. The van der Waals surface area contributed by atoms with E-state index in [2.05, 4.69) is 22.4 Å². The SMILES string of the molecule is CC(CCCO)NC(=O)Cc1csc(Cc2ccccc2)n1. The van der Waals surface area contributed by atoms with E-state index in [0.717, 1.165) is 23.5 Å². The van der Waals surface area contributed by atoms with Crippen molar-refractivity contribution in [3.05, 3.63) is 52.0 Å². The Bertz CT molecular complexity index is 583. The monoisotopic (exact) mass is 318 g/mol. The van der Waals surface area contributed by atoms with Crippen LogP contribution < -0.4 is 5.32 Å².